The first-order valence-electron chi connectivity index (χ1n) is 7.34. The molecule has 0 bridgehead atoms. The van der Waals surface area contributed by atoms with Gasteiger partial charge in [-0.1, -0.05) is 37.3 Å². The minimum absolute atomic E-state index is 0.276. The predicted molar refractivity (Wildman–Crippen MR) is 84.0 cm³/mol. The Hall–Kier alpha value is -1.61. The second kappa shape index (κ2) is 6.23. The van der Waals surface area contributed by atoms with Gasteiger partial charge in [-0.3, -0.25) is 4.68 Å². The van der Waals surface area contributed by atoms with Gasteiger partial charge >= 0.3 is 0 Å². The molecule has 0 saturated carbocycles. The molecule has 0 radical (unpaired) electrons. The van der Waals surface area contributed by atoms with Crippen molar-refractivity contribution < 1.29 is 0 Å². The molecule has 1 aromatic carbocycles. The molecule has 0 aliphatic carbocycles. The van der Waals surface area contributed by atoms with E-state index in [4.69, 9.17) is 5.10 Å². The summed E-state index contributed by atoms with van der Waals surface area (Å²) in [7, 11) is 2.03. The first-order chi connectivity index (χ1) is 9.60. The highest BCUT2D eigenvalue weighted by Gasteiger charge is 2.24. The highest BCUT2D eigenvalue weighted by molar-refractivity contribution is 5.25. The van der Waals surface area contributed by atoms with Crippen LogP contribution in [0.5, 0.6) is 0 Å². The van der Waals surface area contributed by atoms with Gasteiger partial charge in [-0.15, -0.1) is 0 Å². The molecule has 0 amide bonds. The van der Waals surface area contributed by atoms with Crippen LogP contribution in [-0.2, 0) is 0 Å². The van der Waals surface area contributed by atoms with Gasteiger partial charge in [-0.2, -0.15) is 5.10 Å². The lowest BCUT2D eigenvalue weighted by molar-refractivity contribution is 0.330. The van der Waals surface area contributed by atoms with Crippen molar-refractivity contribution in [3.63, 3.8) is 0 Å². The van der Waals surface area contributed by atoms with Gasteiger partial charge in [0.1, 0.15) is 0 Å². The maximum atomic E-state index is 4.75. The molecule has 0 aliphatic heterocycles. The largest absolute Gasteiger partial charge is 0.311 e. The minimum Gasteiger partial charge on any atom is -0.311 e. The Bertz CT molecular complexity index is 557. The summed E-state index contributed by atoms with van der Waals surface area (Å²) in [5, 5.41) is 8.21. The van der Waals surface area contributed by atoms with Gasteiger partial charge in [0.25, 0.3) is 0 Å². The number of hydrogen-bond acceptors (Lipinski definition) is 2. The first kappa shape index (κ1) is 14.8. The number of aromatic nitrogens is 2. The van der Waals surface area contributed by atoms with E-state index in [9.17, 15) is 0 Å². The van der Waals surface area contributed by atoms with Gasteiger partial charge in [-0.05, 0) is 45.4 Å². The van der Waals surface area contributed by atoms with Gasteiger partial charge in [0.15, 0.2) is 0 Å². The number of nitrogens with zero attached hydrogens (tertiary/aromatic N) is 2. The van der Waals surface area contributed by atoms with Crippen LogP contribution in [0.4, 0.5) is 0 Å². The molecule has 2 atom stereocenters. The summed E-state index contributed by atoms with van der Waals surface area (Å²) < 4.78 is 2.19. The van der Waals surface area contributed by atoms with Crippen LogP contribution in [0.1, 0.15) is 47.9 Å². The molecule has 1 heterocycles. The number of benzene rings is 1. The predicted octanol–water partition coefficient (Wildman–Crippen LogP) is 3.72. The van der Waals surface area contributed by atoms with Gasteiger partial charge in [0.05, 0.1) is 17.8 Å². The zero-order valence-electron chi connectivity index (χ0n) is 13.1. The Balaban J connectivity index is 2.42. The molecule has 108 valence electrons. The van der Waals surface area contributed by atoms with Crippen molar-refractivity contribution in [3.05, 3.63) is 52.8 Å². The van der Waals surface area contributed by atoms with Crippen molar-refractivity contribution in [2.75, 3.05) is 7.05 Å². The van der Waals surface area contributed by atoms with E-state index in [1.807, 2.05) is 7.05 Å². The summed E-state index contributed by atoms with van der Waals surface area (Å²) in [5.41, 5.74) is 5.01. The quantitative estimate of drug-likeness (QED) is 0.898. The summed E-state index contributed by atoms with van der Waals surface area (Å²) in [6.07, 6.45) is 1.04. The monoisotopic (exact) mass is 271 g/mol. The Morgan fingerprint density at radius 3 is 2.25 bits per heavy atom. The Morgan fingerprint density at radius 2 is 1.80 bits per heavy atom. The van der Waals surface area contributed by atoms with Crippen molar-refractivity contribution in [1.29, 1.82) is 0 Å². The van der Waals surface area contributed by atoms with Crippen LogP contribution in [0.3, 0.4) is 0 Å². The van der Waals surface area contributed by atoms with Gasteiger partial charge < -0.3 is 5.32 Å². The van der Waals surface area contributed by atoms with Crippen molar-refractivity contribution in [2.45, 2.75) is 46.2 Å². The summed E-state index contributed by atoms with van der Waals surface area (Å²) >= 11 is 0. The maximum Gasteiger partial charge on any atom is 0.0714 e. The molecule has 0 saturated heterocycles. The molecule has 1 aromatic heterocycles. The molecule has 3 nitrogen and oxygen atoms in total. The number of rotatable bonds is 5. The third kappa shape index (κ3) is 2.63. The van der Waals surface area contributed by atoms with Crippen LogP contribution in [0, 0.1) is 20.8 Å². The van der Waals surface area contributed by atoms with E-state index in [1.165, 1.54) is 16.8 Å². The average Bonchev–Trinajstić information content (AvgIpc) is 2.73. The summed E-state index contributed by atoms with van der Waals surface area (Å²) in [4.78, 5) is 0. The fourth-order valence-corrected chi connectivity index (χ4v) is 2.86. The number of likely N-dealkylation sites (N-methyl/N-ethyl adjacent to an activating group) is 1. The van der Waals surface area contributed by atoms with Crippen molar-refractivity contribution in [1.82, 2.24) is 15.1 Å². The lowest BCUT2D eigenvalue weighted by Gasteiger charge is -2.28. The first-order valence-corrected chi connectivity index (χ1v) is 7.34. The average molecular weight is 271 g/mol. The fraction of sp³-hybridized carbons (Fsp3) is 0.471. The molecule has 2 unspecified atom stereocenters. The molecule has 3 heteroatoms. The highest BCUT2D eigenvalue weighted by atomic mass is 15.3. The van der Waals surface area contributed by atoms with Crippen LogP contribution in [0.25, 0.3) is 0 Å². The summed E-state index contributed by atoms with van der Waals surface area (Å²) in [5.74, 6) is 0. The van der Waals surface area contributed by atoms with Crippen LogP contribution in [0.15, 0.2) is 30.3 Å². The summed E-state index contributed by atoms with van der Waals surface area (Å²) in [6.45, 7) is 8.62. The Morgan fingerprint density at radius 1 is 1.15 bits per heavy atom. The van der Waals surface area contributed by atoms with E-state index in [0.717, 1.165) is 12.1 Å². The number of nitrogens with one attached hydrogen (secondary N) is 1. The lowest BCUT2D eigenvalue weighted by Crippen LogP contribution is -2.28. The molecular formula is C17H25N3. The number of hydrogen-bond donors (Lipinski definition) is 1. The molecule has 2 aromatic rings. The van der Waals surface area contributed by atoms with Crippen LogP contribution in [0.2, 0.25) is 0 Å². The standard InChI is InChI=1S/C17H25N3/c1-6-16(20-14(4)12(2)13(3)19-20)17(18-5)15-10-8-7-9-11-15/h7-11,16-18H,6H2,1-5H3. The highest BCUT2D eigenvalue weighted by Crippen LogP contribution is 2.30. The van der Waals surface area contributed by atoms with E-state index in [1.54, 1.807) is 0 Å². The molecule has 0 aliphatic rings. The van der Waals surface area contributed by atoms with E-state index < -0.39 is 0 Å². The van der Waals surface area contributed by atoms with Crippen LogP contribution < -0.4 is 5.32 Å². The van der Waals surface area contributed by atoms with Gasteiger partial charge in [-0.25, -0.2) is 0 Å². The van der Waals surface area contributed by atoms with E-state index in [2.05, 4.69) is 68.0 Å². The minimum atomic E-state index is 0.276. The van der Waals surface area contributed by atoms with Gasteiger partial charge in [0.2, 0.25) is 0 Å². The SMILES string of the molecule is CCC(C(NC)c1ccccc1)n1nc(C)c(C)c1C. The normalized spacial score (nSPS) is 14.2. The third-order valence-electron chi connectivity index (χ3n) is 4.27. The molecule has 0 spiro atoms. The summed E-state index contributed by atoms with van der Waals surface area (Å²) in [6, 6.07) is 11.2. The smallest absolute Gasteiger partial charge is 0.0714 e. The number of aryl methyl sites for hydroxylation is 1. The van der Waals surface area contributed by atoms with Crippen molar-refractivity contribution in [2.24, 2.45) is 0 Å². The fourth-order valence-electron chi connectivity index (χ4n) is 2.86. The molecular weight excluding hydrogens is 246 g/mol. The lowest BCUT2D eigenvalue weighted by atomic mass is 9.97. The van der Waals surface area contributed by atoms with Crippen molar-refractivity contribution in [3.8, 4) is 0 Å². The zero-order chi connectivity index (χ0) is 14.7. The third-order valence-corrected chi connectivity index (χ3v) is 4.27. The second-order valence-electron chi connectivity index (χ2n) is 5.39. The van der Waals surface area contributed by atoms with Crippen LogP contribution >= 0.6 is 0 Å². The molecule has 2 rings (SSSR count). The van der Waals surface area contributed by atoms with Gasteiger partial charge in [0, 0.05) is 5.69 Å². The molecule has 0 fully saturated rings. The van der Waals surface area contributed by atoms with Crippen LogP contribution in [-0.4, -0.2) is 16.8 Å². The molecule has 1 N–H and O–H groups in total. The Labute approximate surface area is 122 Å². The maximum absolute atomic E-state index is 4.75. The van der Waals surface area contributed by atoms with Crippen molar-refractivity contribution >= 4 is 0 Å². The Kier molecular flexibility index (Phi) is 4.61. The topological polar surface area (TPSA) is 29.9 Å². The zero-order valence-corrected chi connectivity index (χ0v) is 13.1. The van der Waals surface area contributed by atoms with E-state index >= 15 is 0 Å². The second-order valence-corrected chi connectivity index (χ2v) is 5.39. The van der Waals surface area contributed by atoms with E-state index in [0.29, 0.717) is 6.04 Å². The van der Waals surface area contributed by atoms with E-state index in [-0.39, 0.29) is 6.04 Å². The molecule has 20 heavy (non-hydrogen) atoms.